The molecule has 5 nitrogen and oxygen atoms in total. The Morgan fingerprint density at radius 1 is 1.08 bits per heavy atom. The van der Waals surface area contributed by atoms with Gasteiger partial charge in [-0.05, 0) is 36.8 Å². The molecule has 2 aromatic rings. The molecule has 0 bridgehead atoms. The Balaban J connectivity index is 1.64. The van der Waals surface area contributed by atoms with Crippen LogP contribution in [0.2, 0.25) is 0 Å². The molecule has 1 aliphatic heterocycles. The first-order chi connectivity index (χ1) is 12.1. The summed E-state index contributed by atoms with van der Waals surface area (Å²) in [5.41, 5.74) is 2.60. The van der Waals surface area contributed by atoms with Crippen molar-refractivity contribution in [2.75, 3.05) is 18.0 Å². The van der Waals surface area contributed by atoms with E-state index in [0.717, 1.165) is 5.69 Å². The number of carbonyl (C=O) groups excluding carboxylic acids is 2. The quantitative estimate of drug-likeness (QED) is 0.880. The highest BCUT2D eigenvalue weighted by molar-refractivity contribution is 5.97. The second-order valence-corrected chi connectivity index (χ2v) is 6.39. The van der Waals surface area contributed by atoms with Crippen LogP contribution in [0.15, 0.2) is 54.6 Å². The Morgan fingerprint density at radius 2 is 1.76 bits per heavy atom. The molecule has 0 aliphatic carbocycles. The van der Waals surface area contributed by atoms with E-state index < -0.39 is 0 Å². The summed E-state index contributed by atoms with van der Waals surface area (Å²) in [4.78, 5) is 25.8. The van der Waals surface area contributed by atoms with Crippen molar-refractivity contribution in [1.29, 1.82) is 0 Å². The molecular formula is C20H23N3O2. The van der Waals surface area contributed by atoms with Gasteiger partial charge in [-0.15, -0.1) is 0 Å². The minimum Gasteiger partial charge on any atom is -0.349 e. The highest BCUT2D eigenvalue weighted by Gasteiger charge is 2.21. The van der Waals surface area contributed by atoms with Crippen molar-refractivity contribution in [1.82, 2.24) is 10.6 Å². The molecular weight excluding hydrogens is 314 g/mol. The van der Waals surface area contributed by atoms with Crippen LogP contribution in [0.4, 0.5) is 10.5 Å². The molecule has 0 spiro atoms. The molecule has 2 N–H and O–H groups in total. The summed E-state index contributed by atoms with van der Waals surface area (Å²) in [5, 5.41) is 5.83. The number of rotatable bonds is 5. The molecule has 1 heterocycles. The summed E-state index contributed by atoms with van der Waals surface area (Å²) >= 11 is 0. The van der Waals surface area contributed by atoms with Gasteiger partial charge in [0.15, 0.2) is 0 Å². The molecule has 1 saturated heterocycles. The largest absolute Gasteiger partial charge is 0.349 e. The fourth-order valence-electron chi connectivity index (χ4n) is 2.97. The molecule has 3 amide bonds. The van der Waals surface area contributed by atoms with E-state index in [2.05, 4.69) is 29.7 Å². The Bertz CT molecular complexity index is 743. The van der Waals surface area contributed by atoms with Crippen LogP contribution in [-0.4, -0.2) is 31.1 Å². The molecule has 0 aromatic heterocycles. The van der Waals surface area contributed by atoms with Crippen molar-refractivity contribution in [2.45, 2.75) is 25.8 Å². The maximum Gasteiger partial charge on any atom is 0.321 e. The molecule has 2 unspecified atom stereocenters. The summed E-state index contributed by atoms with van der Waals surface area (Å²) in [6.45, 7) is 5.42. The lowest BCUT2D eigenvalue weighted by molar-refractivity contribution is 0.0935. The van der Waals surface area contributed by atoms with Crippen LogP contribution in [0, 0.1) is 0 Å². The van der Waals surface area contributed by atoms with Gasteiger partial charge in [-0.1, -0.05) is 37.3 Å². The maximum atomic E-state index is 12.5. The number of anilines is 1. The van der Waals surface area contributed by atoms with E-state index in [1.807, 2.05) is 37.3 Å². The van der Waals surface area contributed by atoms with Crippen LogP contribution in [0.25, 0.3) is 0 Å². The average Bonchev–Trinajstić information content (AvgIpc) is 3.07. The molecule has 5 heteroatoms. The second kappa shape index (κ2) is 7.38. The zero-order valence-electron chi connectivity index (χ0n) is 14.5. The number of hydrogen-bond donors (Lipinski definition) is 2. The van der Waals surface area contributed by atoms with E-state index >= 15 is 0 Å². The standard InChI is InChI=1S/C20H23N3O2/c1-14(16-6-4-3-5-7-16)15(2)22-19(24)17-8-10-18(11-9-17)23-13-12-21-20(23)25/h3-11,14-15H,12-13H2,1-2H3,(H,21,25)(H,22,24). The van der Waals surface area contributed by atoms with E-state index in [1.54, 1.807) is 17.0 Å². The maximum absolute atomic E-state index is 12.5. The molecule has 2 aromatic carbocycles. The van der Waals surface area contributed by atoms with Gasteiger partial charge in [-0.25, -0.2) is 4.79 Å². The number of nitrogens with one attached hydrogen (secondary N) is 2. The molecule has 3 rings (SSSR count). The molecule has 0 saturated carbocycles. The third kappa shape index (κ3) is 3.82. The van der Waals surface area contributed by atoms with Gasteiger partial charge in [0.25, 0.3) is 5.91 Å². The molecule has 2 atom stereocenters. The summed E-state index contributed by atoms with van der Waals surface area (Å²) < 4.78 is 0. The Morgan fingerprint density at radius 3 is 2.36 bits per heavy atom. The zero-order valence-corrected chi connectivity index (χ0v) is 14.5. The third-order valence-corrected chi connectivity index (χ3v) is 4.73. The van der Waals surface area contributed by atoms with E-state index in [1.165, 1.54) is 5.56 Å². The molecule has 1 fully saturated rings. The van der Waals surface area contributed by atoms with Gasteiger partial charge in [0.1, 0.15) is 0 Å². The SMILES string of the molecule is CC(NC(=O)c1ccc(N2CCNC2=O)cc1)C(C)c1ccccc1. The van der Waals surface area contributed by atoms with E-state index in [-0.39, 0.29) is 23.9 Å². The van der Waals surface area contributed by atoms with Gasteiger partial charge in [0, 0.05) is 36.3 Å². The predicted molar refractivity (Wildman–Crippen MR) is 99.0 cm³/mol. The summed E-state index contributed by atoms with van der Waals surface area (Å²) in [6, 6.07) is 17.2. The van der Waals surface area contributed by atoms with Crippen LogP contribution in [0.5, 0.6) is 0 Å². The van der Waals surface area contributed by atoms with E-state index in [9.17, 15) is 9.59 Å². The normalized spacial score (nSPS) is 16.2. The fraction of sp³-hybridized carbons (Fsp3) is 0.300. The number of nitrogens with zero attached hydrogens (tertiary/aromatic N) is 1. The number of benzene rings is 2. The molecule has 0 radical (unpaired) electrons. The van der Waals surface area contributed by atoms with Crippen LogP contribution >= 0.6 is 0 Å². The minimum absolute atomic E-state index is 0.0129. The van der Waals surface area contributed by atoms with Gasteiger partial charge in [0.05, 0.1) is 0 Å². The summed E-state index contributed by atoms with van der Waals surface area (Å²) in [5.74, 6) is 0.116. The topological polar surface area (TPSA) is 61.4 Å². The third-order valence-electron chi connectivity index (χ3n) is 4.73. The first kappa shape index (κ1) is 17.0. The zero-order chi connectivity index (χ0) is 17.8. The second-order valence-electron chi connectivity index (χ2n) is 6.39. The van der Waals surface area contributed by atoms with Crippen LogP contribution in [0.3, 0.4) is 0 Å². The van der Waals surface area contributed by atoms with Gasteiger partial charge in [-0.2, -0.15) is 0 Å². The number of hydrogen-bond acceptors (Lipinski definition) is 2. The Labute approximate surface area is 148 Å². The lowest BCUT2D eigenvalue weighted by Gasteiger charge is -2.22. The molecule has 1 aliphatic rings. The van der Waals surface area contributed by atoms with Crippen LogP contribution in [0.1, 0.15) is 35.7 Å². The fourth-order valence-corrected chi connectivity index (χ4v) is 2.97. The lowest BCUT2D eigenvalue weighted by Crippen LogP contribution is -2.36. The Hall–Kier alpha value is -2.82. The lowest BCUT2D eigenvalue weighted by atomic mass is 9.94. The summed E-state index contributed by atoms with van der Waals surface area (Å²) in [7, 11) is 0. The van der Waals surface area contributed by atoms with E-state index in [0.29, 0.717) is 18.7 Å². The number of urea groups is 1. The highest BCUT2D eigenvalue weighted by Crippen LogP contribution is 2.20. The summed E-state index contributed by atoms with van der Waals surface area (Å²) in [6.07, 6.45) is 0. The number of amides is 3. The smallest absolute Gasteiger partial charge is 0.321 e. The van der Waals surface area contributed by atoms with Gasteiger partial charge in [0.2, 0.25) is 0 Å². The van der Waals surface area contributed by atoms with Crippen LogP contribution < -0.4 is 15.5 Å². The average molecular weight is 337 g/mol. The van der Waals surface area contributed by atoms with Crippen LogP contribution in [-0.2, 0) is 0 Å². The predicted octanol–water partition coefficient (Wildman–Crippen LogP) is 3.14. The van der Waals surface area contributed by atoms with Crippen molar-refractivity contribution in [2.24, 2.45) is 0 Å². The van der Waals surface area contributed by atoms with Gasteiger partial charge in [-0.3, -0.25) is 9.69 Å². The highest BCUT2D eigenvalue weighted by atomic mass is 16.2. The van der Waals surface area contributed by atoms with Gasteiger partial charge >= 0.3 is 6.03 Å². The van der Waals surface area contributed by atoms with Crippen molar-refractivity contribution >= 4 is 17.6 Å². The minimum atomic E-state index is -0.104. The first-order valence-corrected chi connectivity index (χ1v) is 8.57. The molecule has 25 heavy (non-hydrogen) atoms. The van der Waals surface area contributed by atoms with Crippen molar-refractivity contribution in [3.63, 3.8) is 0 Å². The first-order valence-electron chi connectivity index (χ1n) is 8.57. The number of carbonyl (C=O) groups is 2. The van der Waals surface area contributed by atoms with Crippen molar-refractivity contribution < 1.29 is 9.59 Å². The molecule has 130 valence electrons. The van der Waals surface area contributed by atoms with Crippen molar-refractivity contribution in [3.8, 4) is 0 Å². The Kier molecular flexibility index (Phi) is 5.03. The van der Waals surface area contributed by atoms with Crippen molar-refractivity contribution in [3.05, 3.63) is 65.7 Å². The monoisotopic (exact) mass is 337 g/mol. The van der Waals surface area contributed by atoms with E-state index in [4.69, 9.17) is 0 Å². The van der Waals surface area contributed by atoms with Gasteiger partial charge < -0.3 is 10.6 Å².